The summed E-state index contributed by atoms with van der Waals surface area (Å²) in [6, 6.07) is 1.67. The normalized spacial score (nSPS) is 31.2. The van der Waals surface area contributed by atoms with Gasteiger partial charge in [0, 0.05) is 18.6 Å². The van der Waals surface area contributed by atoms with Crippen LogP contribution in [-0.2, 0) is 11.2 Å². The van der Waals surface area contributed by atoms with Crippen LogP contribution in [0.3, 0.4) is 0 Å². The van der Waals surface area contributed by atoms with Gasteiger partial charge in [-0.25, -0.2) is 0 Å². The zero-order chi connectivity index (χ0) is 15.0. The molecule has 0 spiro atoms. The number of carbonyl (C=O) groups is 1. The van der Waals surface area contributed by atoms with Gasteiger partial charge in [0.25, 0.3) is 5.91 Å². The molecule has 21 heavy (non-hydrogen) atoms. The predicted molar refractivity (Wildman–Crippen MR) is 77.8 cm³/mol. The highest BCUT2D eigenvalue weighted by Crippen LogP contribution is 2.37. The van der Waals surface area contributed by atoms with E-state index in [1.165, 1.54) is 0 Å². The van der Waals surface area contributed by atoms with Crippen molar-refractivity contribution >= 4 is 5.91 Å². The van der Waals surface area contributed by atoms with E-state index in [0.717, 1.165) is 25.1 Å². The molecule has 1 aromatic heterocycles. The van der Waals surface area contributed by atoms with Crippen molar-refractivity contribution in [3.8, 4) is 0 Å². The maximum Gasteiger partial charge on any atom is 0.253 e. The fourth-order valence-corrected chi connectivity index (χ4v) is 3.33. The lowest BCUT2D eigenvalue weighted by molar-refractivity contribution is -0.117. The molecule has 3 rings (SSSR count). The van der Waals surface area contributed by atoms with Crippen LogP contribution in [0.4, 0.5) is 0 Å². The number of hydrogen-bond acceptors (Lipinski definition) is 5. The summed E-state index contributed by atoms with van der Waals surface area (Å²) >= 11 is 0. The van der Waals surface area contributed by atoms with E-state index in [1.807, 2.05) is 13.8 Å². The first kappa shape index (κ1) is 14.4. The minimum atomic E-state index is -0.127. The summed E-state index contributed by atoms with van der Waals surface area (Å²) in [5.41, 5.74) is 8.23. The van der Waals surface area contributed by atoms with Crippen LogP contribution >= 0.6 is 0 Å². The lowest BCUT2D eigenvalue weighted by atomic mass is 9.68. The molecule has 114 valence electrons. The van der Waals surface area contributed by atoms with Crippen molar-refractivity contribution in [2.75, 3.05) is 6.61 Å². The van der Waals surface area contributed by atoms with Gasteiger partial charge in [-0.3, -0.25) is 4.79 Å². The lowest BCUT2D eigenvalue weighted by Crippen LogP contribution is -2.72. The molecule has 4 atom stereocenters. The number of rotatable bonds is 3. The SMILES string of the molecule is CCc1nnc(C)cc1C(=O)NC1C(N)C2CCCOC21. The zero-order valence-corrected chi connectivity index (χ0v) is 12.5. The van der Waals surface area contributed by atoms with Gasteiger partial charge in [0.1, 0.15) is 0 Å². The Hall–Kier alpha value is -1.53. The molecule has 6 heteroatoms. The van der Waals surface area contributed by atoms with E-state index >= 15 is 0 Å². The third-order valence-corrected chi connectivity index (χ3v) is 4.55. The highest BCUT2D eigenvalue weighted by molar-refractivity contribution is 5.95. The van der Waals surface area contributed by atoms with Gasteiger partial charge in [0.2, 0.25) is 0 Å². The number of aromatic nitrogens is 2. The molecule has 1 aliphatic heterocycles. The fourth-order valence-electron chi connectivity index (χ4n) is 3.33. The number of nitrogens with two attached hydrogens (primary N) is 1. The number of fused-ring (bicyclic) bond motifs is 1. The molecule has 1 aliphatic carbocycles. The Labute approximate surface area is 124 Å². The molecule has 1 amide bonds. The Morgan fingerprint density at radius 2 is 2.33 bits per heavy atom. The molecule has 2 aliphatic rings. The largest absolute Gasteiger partial charge is 0.376 e. The van der Waals surface area contributed by atoms with Gasteiger partial charge in [0.15, 0.2) is 0 Å². The third-order valence-electron chi connectivity index (χ3n) is 4.55. The maximum atomic E-state index is 12.5. The summed E-state index contributed by atoms with van der Waals surface area (Å²) in [5, 5.41) is 11.1. The molecule has 1 aromatic rings. The van der Waals surface area contributed by atoms with Crippen molar-refractivity contribution < 1.29 is 9.53 Å². The zero-order valence-electron chi connectivity index (χ0n) is 12.5. The molecule has 4 unspecified atom stereocenters. The third kappa shape index (κ3) is 2.53. The van der Waals surface area contributed by atoms with Crippen LogP contribution in [0.1, 0.15) is 41.5 Å². The Kier molecular flexibility index (Phi) is 3.91. The lowest BCUT2D eigenvalue weighted by Gasteiger charge is -2.52. The number of aryl methyl sites for hydroxylation is 2. The van der Waals surface area contributed by atoms with Gasteiger partial charge >= 0.3 is 0 Å². The van der Waals surface area contributed by atoms with Crippen LogP contribution in [0.15, 0.2) is 6.07 Å². The van der Waals surface area contributed by atoms with E-state index in [2.05, 4.69) is 15.5 Å². The first-order valence-corrected chi connectivity index (χ1v) is 7.63. The van der Waals surface area contributed by atoms with Crippen molar-refractivity contribution in [3.05, 3.63) is 23.0 Å². The second-order valence-electron chi connectivity index (χ2n) is 5.92. The smallest absolute Gasteiger partial charge is 0.253 e. The van der Waals surface area contributed by atoms with Crippen molar-refractivity contribution in [1.82, 2.24) is 15.5 Å². The van der Waals surface area contributed by atoms with Crippen molar-refractivity contribution in [2.45, 2.75) is 51.3 Å². The van der Waals surface area contributed by atoms with Crippen LogP contribution in [0.2, 0.25) is 0 Å². The summed E-state index contributed by atoms with van der Waals surface area (Å²) in [7, 11) is 0. The maximum absolute atomic E-state index is 12.5. The summed E-state index contributed by atoms with van der Waals surface area (Å²) in [6.45, 7) is 4.56. The molecule has 0 radical (unpaired) electrons. The number of nitrogens with one attached hydrogen (secondary N) is 1. The number of hydrogen-bond donors (Lipinski definition) is 2. The van der Waals surface area contributed by atoms with Gasteiger partial charge < -0.3 is 15.8 Å². The van der Waals surface area contributed by atoms with E-state index in [4.69, 9.17) is 10.5 Å². The predicted octanol–water partition coefficient (Wildman–Crippen LogP) is 0.582. The van der Waals surface area contributed by atoms with Crippen LogP contribution in [0.25, 0.3) is 0 Å². The highest BCUT2D eigenvalue weighted by Gasteiger charge is 2.51. The van der Waals surface area contributed by atoms with E-state index in [9.17, 15) is 4.79 Å². The first-order valence-electron chi connectivity index (χ1n) is 7.63. The van der Waals surface area contributed by atoms with Crippen LogP contribution in [0, 0.1) is 12.8 Å². The standard InChI is InChI=1S/C15H22N4O2/c1-3-11-10(7-8(2)18-19-11)15(20)17-13-12(16)9-5-4-6-21-14(9)13/h7,9,12-14H,3-6,16H2,1-2H3,(H,17,20). The highest BCUT2D eigenvalue weighted by atomic mass is 16.5. The summed E-state index contributed by atoms with van der Waals surface area (Å²) in [5.74, 6) is 0.255. The molecular weight excluding hydrogens is 268 g/mol. The molecule has 0 bridgehead atoms. The molecule has 2 fully saturated rings. The number of nitrogens with zero attached hydrogens (tertiary/aromatic N) is 2. The number of carbonyl (C=O) groups excluding carboxylic acids is 1. The molecule has 1 saturated carbocycles. The van der Waals surface area contributed by atoms with Crippen LogP contribution in [-0.4, -0.2) is 40.9 Å². The van der Waals surface area contributed by atoms with Crippen molar-refractivity contribution in [1.29, 1.82) is 0 Å². The Morgan fingerprint density at radius 3 is 3.10 bits per heavy atom. The van der Waals surface area contributed by atoms with E-state index in [-0.39, 0.29) is 24.1 Å². The summed E-state index contributed by atoms with van der Waals surface area (Å²) in [4.78, 5) is 12.5. The van der Waals surface area contributed by atoms with E-state index < -0.39 is 0 Å². The van der Waals surface area contributed by atoms with E-state index in [0.29, 0.717) is 23.6 Å². The fraction of sp³-hybridized carbons (Fsp3) is 0.667. The minimum Gasteiger partial charge on any atom is -0.376 e. The number of ether oxygens (including phenoxy) is 1. The molecule has 0 aromatic carbocycles. The molecule has 3 N–H and O–H groups in total. The Balaban J connectivity index is 1.73. The molecule has 2 heterocycles. The quantitative estimate of drug-likeness (QED) is 0.850. The summed E-state index contributed by atoms with van der Waals surface area (Å²) < 4.78 is 5.75. The average molecular weight is 290 g/mol. The van der Waals surface area contributed by atoms with Gasteiger partial charge in [0.05, 0.1) is 29.1 Å². The van der Waals surface area contributed by atoms with Gasteiger partial charge in [-0.1, -0.05) is 6.92 Å². The van der Waals surface area contributed by atoms with Crippen molar-refractivity contribution in [3.63, 3.8) is 0 Å². The van der Waals surface area contributed by atoms with Crippen LogP contribution in [0.5, 0.6) is 0 Å². The monoisotopic (exact) mass is 290 g/mol. The van der Waals surface area contributed by atoms with Crippen molar-refractivity contribution in [2.24, 2.45) is 11.7 Å². The summed E-state index contributed by atoms with van der Waals surface area (Å²) in [6.07, 6.45) is 2.89. The van der Waals surface area contributed by atoms with Gasteiger partial charge in [-0.15, -0.1) is 0 Å². The molecule has 6 nitrogen and oxygen atoms in total. The Morgan fingerprint density at radius 1 is 1.52 bits per heavy atom. The topological polar surface area (TPSA) is 90.1 Å². The molecule has 1 saturated heterocycles. The van der Waals surface area contributed by atoms with Gasteiger partial charge in [-0.2, -0.15) is 10.2 Å². The second kappa shape index (κ2) is 5.69. The number of amides is 1. The first-order chi connectivity index (χ1) is 10.1. The Bertz CT molecular complexity index is 548. The van der Waals surface area contributed by atoms with Gasteiger partial charge in [-0.05, 0) is 32.3 Å². The minimum absolute atomic E-state index is 0.0137. The average Bonchev–Trinajstić information content (AvgIpc) is 2.51. The van der Waals surface area contributed by atoms with E-state index in [1.54, 1.807) is 6.07 Å². The van der Waals surface area contributed by atoms with Crippen LogP contribution < -0.4 is 11.1 Å². The molecular formula is C15H22N4O2. The second-order valence-corrected chi connectivity index (χ2v) is 5.92.